The van der Waals surface area contributed by atoms with Crippen LogP contribution in [0.1, 0.15) is 36.0 Å². The van der Waals surface area contributed by atoms with Crippen LogP contribution in [-0.2, 0) is 41.6 Å². The average molecular weight is 623 g/mol. The van der Waals surface area contributed by atoms with E-state index in [2.05, 4.69) is 28.6 Å². The first-order chi connectivity index (χ1) is 21.8. The largest absolute Gasteiger partial charge is 0.447 e. The maximum atomic E-state index is 13.6. The summed E-state index contributed by atoms with van der Waals surface area (Å²) >= 11 is 0. The Bertz CT molecular complexity index is 1340. The van der Waals surface area contributed by atoms with Crippen molar-refractivity contribution >= 4 is 23.8 Å². The second kappa shape index (κ2) is 16.7. The van der Waals surface area contributed by atoms with Crippen LogP contribution in [0.15, 0.2) is 61.3 Å². The maximum Gasteiger partial charge on any atom is 0.407 e. The number of ether oxygens (including phenoxy) is 3. The van der Waals surface area contributed by atoms with Crippen LogP contribution < -0.4 is 11.1 Å². The van der Waals surface area contributed by atoms with E-state index in [4.69, 9.17) is 24.9 Å². The number of carbonyl (C=O) groups excluding carboxylic acids is 4. The molecule has 2 unspecified atom stereocenters. The lowest BCUT2D eigenvalue weighted by Crippen LogP contribution is -2.49. The number of likely N-dealkylation sites (N-methyl/N-ethyl adjacent to an activating group) is 1. The van der Waals surface area contributed by atoms with Crippen LogP contribution in [0.3, 0.4) is 0 Å². The summed E-state index contributed by atoms with van der Waals surface area (Å²) in [4.78, 5) is 56.6. The van der Waals surface area contributed by atoms with E-state index in [0.717, 1.165) is 34.8 Å². The minimum Gasteiger partial charge on any atom is -0.447 e. The van der Waals surface area contributed by atoms with Crippen LogP contribution in [0, 0.1) is 5.92 Å². The summed E-state index contributed by atoms with van der Waals surface area (Å²) in [6, 6.07) is 8.59. The van der Waals surface area contributed by atoms with Crippen LogP contribution in [0.2, 0.25) is 0 Å². The Morgan fingerprint density at radius 2 is 1.89 bits per heavy atom. The van der Waals surface area contributed by atoms with Crippen LogP contribution in [0.4, 0.5) is 4.79 Å². The van der Waals surface area contributed by atoms with Crippen molar-refractivity contribution < 1.29 is 33.4 Å². The number of imidazole rings is 1. The molecule has 0 bridgehead atoms. The van der Waals surface area contributed by atoms with E-state index in [1.807, 2.05) is 24.4 Å². The minimum atomic E-state index is -1.09. The number of allylic oxidation sites excluding steroid dienone is 1. The lowest BCUT2D eigenvalue weighted by Gasteiger charge is -2.37. The van der Waals surface area contributed by atoms with E-state index in [9.17, 15) is 19.2 Å². The van der Waals surface area contributed by atoms with Crippen LogP contribution in [-0.4, -0.2) is 102 Å². The zero-order valence-corrected chi connectivity index (χ0v) is 25.6. The van der Waals surface area contributed by atoms with Gasteiger partial charge >= 0.3 is 6.09 Å². The second-order valence-electron chi connectivity index (χ2n) is 10.9. The van der Waals surface area contributed by atoms with Gasteiger partial charge in [0.25, 0.3) is 11.8 Å². The molecule has 2 aliphatic heterocycles. The Kier molecular flexibility index (Phi) is 12.4. The molecule has 2 aliphatic rings. The van der Waals surface area contributed by atoms with Gasteiger partial charge in [0, 0.05) is 58.1 Å². The number of hydrogen-bond acceptors (Lipinski definition) is 9. The molecule has 2 aromatic rings. The smallest absolute Gasteiger partial charge is 0.407 e. The fraction of sp³-hybridized carbons (Fsp3) is 0.469. The molecular formula is C32H42N6O7. The molecule has 1 fully saturated rings. The van der Waals surface area contributed by atoms with Crippen molar-refractivity contribution in [1.29, 1.82) is 0 Å². The number of rotatable bonds is 16. The van der Waals surface area contributed by atoms with Gasteiger partial charge in [-0.3, -0.25) is 19.3 Å². The third-order valence-corrected chi connectivity index (χ3v) is 7.74. The third kappa shape index (κ3) is 9.33. The number of imide groups is 1. The number of aromatic nitrogens is 2. The molecule has 0 aliphatic carbocycles. The molecule has 1 aromatic carbocycles. The van der Waals surface area contributed by atoms with Gasteiger partial charge in [-0.25, -0.2) is 9.78 Å². The van der Waals surface area contributed by atoms with E-state index in [1.54, 1.807) is 18.0 Å². The highest BCUT2D eigenvalue weighted by Gasteiger charge is 2.36. The van der Waals surface area contributed by atoms with Crippen molar-refractivity contribution in [3.8, 4) is 0 Å². The van der Waals surface area contributed by atoms with Crippen LogP contribution in [0.5, 0.6) is 0 Å². The van der Waals surface area contributed by atoms with E-state index in [1.165, 1.54) is 12.2 Å². The number of hydrogen-bond donors (Lipinski definition) is 2. The number of nitrogens with one attached hydrogen (secondary N) is 1. The molecule has 13 nitrogen and oxygen atoms in total. The zero-order chi connectivity index (χ0) is 32.2. The predicted molar refractivity (Wildman–Crippen MR) is 165 cm³/mol. The Hall–Kier alpha value is -4.33. The van der Waals surface area contributed by atoms with Gasteiger partial charge in [-0.1, -0.05) is 36.4 Å². The van der Waals surface area contributed by atoms with Gasteiger partial charge in [-0.05, 0) is 24.3 Å². The molecule has 242 valence electrons. The number of benzene rings is 1. The van der Waals surface area contributed by atoms with Gasteiger partial charge < -0.3 is 34.7 Å². The summed E-state index contributed by atoms with van der Waals surface area (Å²) in [6.45, 7) is 5.84. The number of nitrogens with two attached hydrogens (primary N) is 1. The number of nitrogens with zero attached hydrogens (tertiary/aromatic N) is 4. The van der Waals surface area contributed by atoms with Gasteiger partial charge in [-0.2, -0.15) is 0 Å². The van der Waals surface area contributed by atoms with E-state index < -0.39 is 12.1 Å². The second-order valence-corrected chi connectivity index (χ2v) is 10.9. The first-order valence-electron chi connectivity index (χ1n) is 15.1. The summed E-state index contributed by atoms with van der Waals surface area (Å²) in [5.41, 5.74) is 8.22. The van der Waals surface area contributed by atoms with Gasteiger partial charge in [0.15, 0.2) is 0 Å². The number of carbonyl (C=O) groups is 4. The first kappa shape index (κ1) is 33.6. The van der Waals surface area contributed by atoms with E-state index >= 15 is 0 Å². The van der Waals surface area contributed by atoms with E-state index in [0.29, 0.717) is 26.2 Å². The molecule has 1 aromatic heterocycles. The molecule has 0 spiro atoms. The summed E-state index contributed by atoms with van der Waals surface area (Å²) < 4.78 is 18.3. The standard InChI is InChI=1S/C32H42N6O7/c1-3-7-25-21-37(20-23-8-5-4-6-9-23)30(35-25)29(24-12-16-43-17-13-24)36(2)31(41)26(33)22-45-32(42)34-14-18-44-19-15-38-27(39)10-11-28(38)40/h3-6,8-11,21,24,26,29H,1,7,12-20,22,33H2,2H3,(H,34,42). The van der Waals surface area contributed by atoms with E-state index in [-0.39, 0.29) is 62.6 Å². The summed E-state index contributed by atoms with van der Waals surface area (Å²) in [5, 5.41) is 2.54. The molecule has 0 saturated carbocycles. The van der Waals surface area contributed by atoms with Gasteiger partial charge in [-0.15, -0.1) is 6.58 Å². The molecule has 4 rings (SSSR count). The quantitative estimate of drug-likeness (QED) is 0.161. The molecule has 3 heterocycles. The molecule has 13 heteroatoms. The lowest BCUT2D eigenvalue weighted by molar-refractivity contribution is -0.138. The van der Waals surface area contributed by atoms with Crippen molar-refractivity contribution in [3.63, 3.8) is 0 Å². The minimum absolute atomic E-state index is 0.0931. The summed E-state index contributed by atoms with van der Waals surface area (Å²) in [5.74, 6) is -0.274. The highest BCUT2D eigenvalue weighted by Crippen LogP contribution is 2.35. The molecule has 0 radical (unpaired) electrons. The number of alkyl carbamates (subject to hydrolysis) is 1. The number of amides is 4. The normalized spacial score (nSPS) is 16.4. The predicted octanol–water partition coefficient (Wildman–Crippen LogP) is 1.58. The van der Waals surface area contributed by atoms with Gasteiger partial charge in [0.1, 0.15) is 18.5 Å². The van der Waals surface area contributed by atoms with Crippen LogP contribution in [0.25, 0.3) is 0 Å². The highest BCUT2D eigenvalue weighted by molar-refractivity contribution is 6.12. The first-order valence-corrected chi connectivity index (χ1v) is 15.1. The fourth-order valence-electron chi connectivity index (χ4n) is 5.43. The van der Waals surface area contributed by atoms with Crippen molar-refractivity contribution in [2.45, 2.75) is 37.9 Å². The summed E-state index contributed by atoms with van der Waals surface area (Å²) in [6.07, 6.45) is 7.59. The fourth-order valence-corrected chi connectivity index (χ4v) is 5.43. The van der Waals surface area contributed by atoms with Gasteiger partial charge in [0.2, 0.25) is 5.91 Å². The Labute approximate surface area is 263 Å². The molecular weight excluding hydrogens is 580 g/mol. The van der Waals surface area contributed by atoms with Gasteiger partial charge in [0.05, 0.1) is 31.5 Å². The Morgan fingerprint density at radius 1 is 1.18 bits per heavy atom. The lowest BCUT2D eigenvalue weighted by atomic mass is 9.89. The molecule has 45 heavy (non-hydrogen) atoms. The van der Waals surface area contributed by atoms with Crippen molar-refractivity contribution in [2.24, 2.45) is 11.7 Å². The van der Waals surface area contributed by atoms with Crippen molar-refractivity contribution in [2.75, 3.05) is 53.2 Å². The molecule has 2 atom stereocenters. The monoisotopic (exact) mass is 622 g/mol. The third-order valence-electron chi connectivity index (χ3n) is 7.74. The zero-order valence-electron chi connectivity index (χ0n) is 25.6. The van der Waals surface area contributed by atoms with Crippen molar-refractivity contribution in [1.82, 2.24) is 24.7 Å². The molecule has 4 amide bonds. The Morgan fingerprint density at radius 3 is 2.58 bits per heavy atom. The topological polar surface area (TPSA) is 158 Å². The highest BCUT2D eigenvalue weighted by atomic mass is 16.5. The molecule has 1 saturated heterocycles. The van der Waals surface area contributed by atoms with Crippen molar-refractivity contribution in [3.05, 3.63) is 78.4 Å². The summed E-state index contributed by atoms with van der Waals surface area (Å²) in [7, 11) is 1.72. The average Bonchev–Trinajstić information content (AvgIpc) is 3.59. The maximum absolute atomic E-state index is 13.6. The Balaban J connectivity index is 1.33. The molecule has 3 N–H and O–H groups in total. The van der Waals surface area contributed by atoms with Crippen LogP contribution >= 0.6 is 0 Å². The SMILES string of the molecule is C=CCc1cn(Cc2ccccc2)c(C(C2CCOCC2)N(C)C(=O)C(N)COC(=O)NCCOCCN2C(=O)C=CC2=O)n1.